The Morgan fingerprint density at radius 3 is 2.76 bits per heavy atom. The van der Waals surface area contributed by atoms with Gasteiger partial charge in [-0.25, -0.2) is 4.98 Å². The van der Waals surface area contributed by atoms with E-state index in [9.17, 15) is 4.79 Å². The number of pyridine rings is 1. The summed E-state index contributed by atoms with van der Waals surface area (Å²) >= 11 is 0. The maximum absolute atomic E-state index is 12.4. The second kappa shape index (κ2) is 3.85. The van der Waals surface area contributed by atoms with Gasteiger partial charge in [0.25, 0.3) is 0 Å². The maximum atomic E-state index is 12.4. The van der Waals surface area contributed by atoms with Crippen LogP contribution in [0.5, 0.6) is 0 Å². The molecule has 2 fully saturated rings. The van der Waals surface area contributed by atoms with E-state index in [2.05, 4.69) is 11.1 Å². The Morgan fingerprint density at radius 1 is 1.38 bits per heavy atom. The molecule has 2 aromatic rings. The van der Waals surface area contributed by atoms with Crippen molar-refractivity contribution in [2.24, 2.45) is 17.6 Å². The zero-order valence-corrected chi connectivity index (χ0v) is 12.6. The molecule has 1 saturated carbocycles. The summed E-state index contributed by atoms with van der Waals surface area (Å²) in [5.74, 6) is 1.06. The molecule has 1 aliphatic carbocycles. The Bertz CT molecular complexity index is 755. The lowest BCUT2D eigenvalue weighted by Gasteiger charge is -2.19. The monoisotopic (exact) mass is 284 g/mol. The fourth-order valence-corrected chi connectivity index (χ4v) is 3.22. The van der Waals surface area contributed by atoms with Crippen LogP contribution in [-0.4, -0.2) is 21.8 Å². The van der Waals surface area contributed by atoms with Crippen molar-refractivity contribution in [1.82, 2.24) is 9.38 Å². The summed E-state index contributed by atoms with van der Waals surface area (Å²) in [6.07, 6.45) is 5.06. The van der Waals surface area contributed by atoms with Crippen LogP contribution in [0.25, 0.3) is 5.65 Å². The zero-order chi connectivity index (χ0) is 14.9. The van der Waals surface area contributed by atoms with Gasteiger partial charge in [-0.05, 0) is 44.7 Å². The Balaban J connectivity index is 1.88. The molecule has 2 N–H and O–H groups in total. The molecule has 1 aliphatic heterocycles. The fraction of sp³-hybridized carbons (Fsp3) is 0.500. The van der Waals surface area contributed by atoms with Gasteiger partial charge in [0.1, 0.15) is 0 Å². The van der Waals surface area contributed by atoms with Crippen LogP contribution in [0, 0.1) is 18.8 Å². The summed E-state index contributed by atoms with van der Waals surface area (Å²) < 4.78 is 1.99. The number of hydrogen-bond acceptors (Lipinski definition) is 3. The standard InChI is InChI=1S/C16H20N4O/c1-9-4-12(20-7-10-5-11(10)15(20)21)14-18-13(16(2,3)17)8-19(14)6-9/h4,6,8,10-11H,5,7,17H2,1-3H3. The van der Waals surface area contributed by atoms with Crippen molar-refractivity contribution in [3.63, 3.8) is 0 Å². The third-order valence-corrected chi connectivity index (χ3v) is 4.54. The van der Waals surface area contributed by atoms with Gasteiger partial charge in [0.15, 0.2) is 5.65 Å². The molecule has 5 heteroatoms. The quantitative estimate of drug-likeness (QED) is 0.915. The molecular formula is C16H20N4O. The number of nitrogens with zero attached hydrogens (tertiary/aromatic N) is 3. The summed E-state index contributed by atoms with van der Waals surface area (Å²) in [5, 5.41) is 0. The lowest BCUT2D eigenvalue weighted by Crippen LogP contribution is -2.29. The summed E-state index contributed by atoms with van der Waals surface area (Å²) in [7, 11) is 0. The van der Waals surface area contributed by atoms with Gasteiger partial charge in [0.2, 0.25) is 5.91 Å². The number of anilines is 1. The Labute approximate surface area is 123 Å². The summed E-state index contributed by atoms with van der Waals surface area (Å²) in [6.45, 7) is 6.75. The number of aryl methyl sites for hydroxylation is 1. The van der Waals surface area contributed by atoms with Crippen molar-refractivity contribution in [2.45, 2.75) is 32.7 Å². The number of amides is 1. The summed E-state index contributed by atoms with van der Waals surface area (Å²) in [4.78, 5) is 19.0. The molecule has 2 aliphatic rings. The molecule has 0 radical (unpaired) electrons. The predicted octanol–water partition coefficient (Wildman–Crippen LogP) is 1.82. The number of rotatable bonds is 2. The SMILES string of the molecule is Cc1cc(N2CC3CC3C2=O)c2nc(C(C)(C)N)cn2c1. The third-order valence-electron chi connectivity index (χ3n) is 4.54. The van der Waals surface area contributed by atoms with E-state index in [1.54, 1.807) is 0 Å². The van der Waals surface area contributed by atoms with E-state index in [4.69, 9.17) is 5.73 Å². The topological polar surface area (TPSA) is 63.6 Å². The van der Waals surface area contributed by atoms with Gasteiger partial charge in [0.05, 0.1) is 16.9 Å². The lowest BCUT2D eigenvalue weighted by atomic mass is 10.0. The number of aromatic nitrogens is 2. The molecular weight excluding hydrogens is 264 g/mol. The first-order valence-corrected chi connectivity index (χ1v) is 7.44. The first kappa shape index (κ1) is 12.8. The summed E-state index contributed by atoms with van der Waals surface area (Å²) in [5.41, 5.74) is 9.37. The number of hydrogen-bond donors (Lipinski definition) is 1. The predicted molar refractivity (Wildman–Crippen MR) is 81.1 cm³/mol. The smallest absolute Gasteiger partial charge is 0.230 e. The van der Waals surface area contributed by atoms with E-state index in [0.29, 0.717) is 5.92 Å². The van der Waals surface area contributed by atoms with E-state index >= 15 is 0 Å². The molecule has 1 amide bonds. The van der Waals surface area contributed by atoms with Crippen LogP contribution in [-0.2, 0) is 10.3 Å². The normalized spacial score (nSPS) is 24.8. The van der Waals surface area contributed by atoms with Crippen molar-refractivity contribution in [3.05, 3.63) is 29.7 Å². The van der Waals surface area contributed by atoms with E-state index in [1.807, 2.05) is 42.5 Å². The van der Waals surface area contributed by atoms with Crippen LogP contribution in [0.3, 0.4) is 0 Å². The second-order valence-electron chi connectivity index (χ2n) is 7.03. The lowest BCUT2D eigenvalue weighted by molar-refractivity contribution is -0.118. The number of nitrogens with two attached hydrogens (primary N) is 1. The van der Waals surface area contributed by atoms with Gasteiger partial charge in [0, 0.05) is 24.9 Å². The highest BCUT2D eigenvalue weighted by molar-refractivity contribution is 6.02. The minimum Gasteiger partial charge on any atom is -0.321 e. The van der Waals surface area contributed by atoms with Crippen molar-refractivity contribution < 1.29 is 4.79 Å². The minimum absolute atomic E-state index is 0.254. The van der Waals surface area contributed by atoms with Gasteiger partial charge in [-0.2, -0.15) is 0 Å². The minimum atomic E-state index is -0.492. The fourth-order valence-electron chi connectivity index (χ4n) is 3.22. The van der Waals surface area contributed by atoms with E-state index in [-0.39, 0.29) is 11.8 Å². The molecule has 2 atom stereocenters. The van der Waals surface area contributed by atoms with E-state index in [0.717, 1.165) is 35.6 Å². The van der Waals surface area contributed by atoms with Crippen LogP contribution in [0.1, 0.15) is 31.5 Å². The largest absolute Gasteiger partial charge is 0.321 e. The molecule has 2 aromatic heterocycles. The number of carbonyl (C=O) groups excluding carboxylic acids is 1. The van der Waals surface area contributed by atoms with Crippen LogP contribution in [0.15, 0.2) is 18.5 Å². The highest BCUT2D eigenvalue weighted by Crippen LogP contribution is 2.48. The molecule has 1 saturated heterocycles. The van der Waals surface area contributed by atoms with Gasteiger partial charge in [-0.1, -0.05) is 0 Å². The number of carbonyl (C=O) groups is 1. The van der Waals surface area contributed by atoms with Crippen LogP contribution in [0.2, 0.25) is 0 Å². The molecule has 0 bridgehead atoms. The first-order valence-electron chi connectivity index (χ1n) is 7.44. The van der Waals surface area contributed by atoms with Crippen LogP contribution in [0.4, 0.5) is 5.69 Å². The average Bonchev–Trinajstić information content (AvgIpc) is 2.89. The van der Waals surface area contributed by atoms with E-state index < -0.39 is 5.54 Å². The molecule has 21 heavy (non-hydrogen) atoms. The average molecular weight is 284 g/mol. The van der Waals surface area contributed by atoms with Gasteiger partial charge in [-0.3, -0.25) is 4.79 Å². The highest BCUT2D eigenvalue weighted by atomic mass is 16.2. The van der Waals surface area contributed by atoms with Crippen molar-refractivity contribution in [3.8, 4) is 0 Å². The summed E-state index contributed by atoms with van der Waals surface area (Å²) in [6, 6.07) is 2.05. The van der Waals surface area contributed by atoms with Crippen LogP contribution < -0.4 is 10.6 Å². The number of imidazole rings is 1. The van der Waals surface area contributed by atoms with Crippen molar-refractivity contribution in [2.75, 3.05) is 11.4 Å². The number of fused-ring (bicyclic) bond motifs is 2. The molecule has 0 aromatic carbocycles. The molecule has 5 nitrogen and oxygen atoms in total. The second-order valence-corrected chi connectivity index (χ2v) is 7.03. The van der Waals surface area contributed by atoms with Gasteiger partial charge in [-0.15, -0.1) is 0 Å². The number of piperidine rings is 1. The zero-order valence-electron chi connectivity index (χ0n) is 12.6. The molecule has 3 heterocycles. The van der Waals surface area contributed by atoms with E-state index in [1.165, 1.54) is 0 Å². The van der Waals surface area contributed by atoms with Gasteiger partial charge < -0.3 is 15.0 Å². The van der Waals surface area contributed by atoms with Gasteiger partial charge >= 0.3 is 0 Å². The maximum Gasteiger partial charge on any atom is 0.230 e. The van der Waals surface area contributed by atoms with Crippen molar-refractivity contribution >= 4 is 17.2 Å². The Kier molecular flexibility index (Phi) is 2.35. The molecule has 110 valence electrons. The Morgan fingerprint density at radius 2 is 2.14 bits per heavy atom. The van der Waals surface area contributed by atoms with Crippen LogP contribution >= 0.6 is 0 Å². The molecule has 2 unspecified atom stereocenters. The highest BCUT2D eigenvalue weighted by Gasteiger charge is 2.52. The van der Waals surface area contributed by atoms with Crippen molar-refractivity contribution in [1.29, 1.82) is 0 Å². The third kappa shape index (κ3) is 1.87. The molecule has 0 spiro atoms. The first-order chi connectivity index (χ1) is 9.84. The molecule has 4 rings (SSSR count). The Hall–Kier alpha value is -1.88.